The molecule has 0 aliphatic carbocycles. The van der Waals surface area contributed by atoms with Crippen LogP contribution in [0.25, 0.3) is 0 Å². The van der Waals surface area contributed by atoms with Gasteiger partial charge in [0, 0.05) is 24.2 Å². The molecule has 0 fully saturated rings. The van der Waals surface area contributed by atoms with E-state index in [4.69, 9.17) is 16.3 Å². The van der Waals surface area contributed by atoms with Gasteiger partial charge in [0.1, 0.15) is 11.8 Å². The normalized spacial score (nSPS) is 12.3. The van der Waals surface area contributed by atoms with Gasteiger partial charge in [-0.25, -0.2) is 8.42 Å². The van der Waals surface area contributed by atoms with Gasteiger partial charge in [-0.15, -0.1) is 0 Å². The molecule has 2 aromatic carbocycles. The highest BCUT2D eigenvalue weighted by Gasteiger charge is 2.31. The average Bonchev–Trinajstić information content (AvgIpc) is 2.62. The molecule has 0 aromatic heterocycles. The van der Waals surface area contributed by atoms with Crippen molar-refractivity contribution >= 4 is 33.2 Å². The highest BCUT2D eigenvalue weighted by Crippen LogP contribution is 2.24. The van der Waals surface area contributed by atoms with Crippen molar-refractivity contribution in [2.75, 3.05) is 24.7 Å². The molecule has 146 valence electrons. The van der Waals surface area contributed by atoms with Gasteiger partial charge in [0.25, 0.3) is 0 Å². The Hall–Kier alpha value is -2.25. The molecule has 1 amide bonds. The van der Waals surface area contributed by atoms with E-state index in [1.54, 1.807) is 45.3 Å². The number of rotatable bonds is 7. The predicted molar refractivity (Wildman–Crippen MR) is 108 cm³/mol. The van der Waals surface area contributed by atoms with Crippen molar-refractivity contribution in [3.8, 4) is 5.75 Å². The summed E-state index contributed by atoms with van der Waals surface area (Å²) < 4.78 is 31.1. The summed E-state index contributed by atoms with van der Waals surface area (Å²) >= 11 is 5.89. The van der Waals surface area contributed by atoms with E-state index in [1.807, 2.05) is 24.3 Å². The molecule has 27 heavy (non-hydrogen) atoms. The number of hydrogen-bond donors (Lipinski definition) is 0. The summed E-state index contributed by atoms with van der Waals surface area (Å²) in [5.74, 6) is 0.337. The Bertz CT molecular complexity index is 900. The van der Waals surface area contributed by atoms with E-state index >= 15 is 0 Å². The summed E-state index contributed by atoms with van der Waals surface area (Å²) in [5.41, 5.74) is 1.22. The van der Waals surface area contributed by atoms with Crippen molar-refractivity contribution in [1.29, 1.82) is 0 Å². The molecule has 1 unspecified atom stereocenters. The number of ether oxygens (including phenoxy) is 1. The number of carbonyl (C=O) groups is 1. The van der Waals surface area contributed by atoms with Gasteiger partial charge < -0.3 is 9.64 Å². The van der Waals surface area contributed by atoms with E-state index < -0.39 is 16.1 Å². The second kappa shape index (κ2) is 8.63. The molecule has 0 saturated heterocycles. The first kappa shape index (κ1) is 21.1. The molecule has 0 radical (unpaired) electrons. The van der Waals surface area contributed by atoms with Crippen LogP contribution in [0.3, 0.4) is 0 Å². The lowest BCUT2D eigenvalue weighted by molar-refractivity contribution is -0.131. The SMILES string of the molecule is COc1ccccc1CN(C)C(=O)C(C)N(c1ccc(Cl)cc1)S(C)(=O)=O. The standard InChI is InChI=1S/C19H23ClN2O4S/c1-14(22(27(4,24)25)17-11-9-16(20)10-12-17)19(23)21(2)13-15-7-5-6-8-18(15)26-3/h5-12,14H,13H2,1-4H3. The van der Waals surface area contributed by atoms with Crippen LogP contribution < -0.4 is 9.04 Å². The van der Waals surface area contributed by atoms with Crippen molar-refractivity contribution in [1.82, 2.24) is 4.90 Å². The van der Waals surface area contributed by atoms with E-state index in [0.29, 0.717) is 23.0 Å². The van der Waals surface area contributed by atoms with Gasteiger partial charge in [-0.3, -0.25) is 9.10 Å². The zero-order chi connectivity index (χ0) is 20.2. The van der Waals surface area contributed by atoms with Crippen molar-refractivity contribution < 1.29 is 17.9 Å². The Balaban J connectivity index is 2.27. The minimum absolute atomic E-state index is 0.297. The first-order valence-electron chi connectivity index (χ1n) is 8.27. The van der Waals surface area contributed by atoms with Crippen LogP contribution in [-0.4, -0.2) is 45.7 Å². The third-order valence-corrected chi connectivity index (χ3v) is 5.62. The molecule has 0 heterocycles. The maximum absolute atomic E-state index is 12.9. The molecule has 0 aliphatic rings. The molecule has 6 nitrogen and oxygen atoms in total. The number of likely N-dealkylation sites (N-methyl/N-ethyl adjacent to an activating group) is 1. The van der Waals surface area contributed by atoms with Gasteiger partial charge in [0.2, 0.25) is 15.9 Å². The molecule has 1 atom stereocenters. The zero-order valence-electron chi connectivity index (χ0n) is 15.7. The van der Waals surface area contributed by atoms with Crippen LogP contribution in [0.1, 0.15) is 12.5 Å². The maximum atomic E-state index is 12.9. The summed E-state index contributed by atoms with van der Waals surface area (Å²) in [7, 11) is -0.479. The Morgan fingerprint density at radius 3 is 2.30 bits per heavy atom. The van der Waals surface area contributed by atoms with Crippen LogP contribution in [0.2, 0.25) is 5.02 Å². The fourth-order valence-electron chi connectivity index (χ4n) is 2.88. The summed E-state index contributed by atoms with van der Waals surface area (Å²) in [6.45, 7) is 1.86. The van der Waals surface area contributed by atoms with E-state index in [2.05, 4.69) is 0 Å². The van der Waals surface area contributed by atoms with Crippen molar-refractivity contribution in [3.63, 3.8) is 0 Å². The molecule has 0 saturated carbocycles. The number of amides is 1. The first-order chi connectivity index (χ1) is 12.6. The quantitative estimate of drug-likeness (QED) is 0.703. The first-order valence-corrected chi connectivity index (χ1v) is 10.5. The van der Waals surface area contributed by atoms with Gasteiger partial charge in [-0.05, 0) is 37.3 Å². The number of methoxy groups -OCH3 is 1. The van der Waals surface area contributed by atoms with Crippen LogP contribution in [0.5, 0.6) is 5.75 Å². The Kier molecular flexibility index (Phi) is 6.73. The van der Waals surface area contributed by atoms with Crippen LogP contribution in [-0.2, 0) is 21.4 Å². The Morgan fingerprint density at radius 1 is 1.15 bits per heavy atom. The number of para-hydroxylation sites is 1. The number of benzene rings is 2. The lowest BCUT2D eigenvalue weighted by atomic mass is 10.1. The lowest BCUT2D eigenvalue weighted by Gasteiger charge is -2.31. The molecular weight excluding hydrogens is 388 g/mol. The number of carbonyl (C=O) groups excluding carboxylic acids is 1. The molecular formula is C19H23ClN2O4S. The molecule has 0 bridgehead atoms. The lowest BCUT2D eigenvalue weighted by Crippen LogP contribution is -2.48. The van der Waals surface area contributed by atoms with Gasteiger partial charge in [-0.1, -0.05) is 29.8 Å². The van der Waals surface area contributed by atoms with E-state index in [1.165, 1.54) is 4.90 Å². The molecule has 2 rings (SSSR count). The number of nitrogens with zero attached hydrogens (tertiary/aromatic N) is 2. The van der Waals surface area contributed by atoms with Crippen molar-refractivity contribution in [3.05, 3.63) is 59.1 Å². The van der Waals surface area contributed by atoms with E-state index in [9.17, 15) is 13.2 Å². The summed E-state index contributed by atoms with van der Waals surface area (Å²) in [4.78, 5) is 14.4. The highest BCUT2D eigenvalue weighted by molar-refractivity contribution is 7.92. The highest BCUT2D eigenvalue weighted by atomic mass is 35.5. The van der Waals surface area contributed by atoms with Gasteiger partial charge in [0.15, 0.2) is 0 Å². The average molecular weight is 411 g/mol. The third kappa shape index (κ3) is 5.14. The molecule has 8 heteroatoms. The van der Waals surface area contributed by atoms with Crippen molar-refractivity contribution in [2.45, 2.75) is 19.5 Å². The van der Waals surface area contributed by atoms with Crippen LogP contribution in [0.4, 0.5) is 5.69 Å². The smallest absolute Gasteiger partial charge is 0.246 e. The summed E-state index contributed by atoms with van der Waals surface area (Å²) in [5, 5.41) is 0.486. The fourth-order valence-corrected chi connectivity index (χ4v) is 4.17. The Labute approximate surface area is 165 Å². The van der Waals surface area contributed by atoms with Crippen LogP contribution in [0, 0.1) is 0 Å². The van der Waals surface area contributed by atoms with Gasteiger partial charge in [0.05, 0.1) is 19.1 Å². The summed E-state index contributed by atoms with van der Waals surface area (Å²) in [6, 6.07) is 12.8. The van der Waals surface area contributed by atoms with Gasteiger partial charge in [-0.2, -0.15) is 0 Å². The number of halogens is 1. The van der Waals surface area contributed by atoms with Crippen molar-refractivity contribution in [2.24, 2.45) is 0 Å². The predicted octanol–water partition coefficient (Wildman–Crippen LogP) is 3.16. The zero-order valence-corrected chi connectivity index (χ0v) is 17.3. The third-order valence-electron chi connectivity index (χ3n) is 4.12. The second-order valence-electron chi connectivity index (χ2n) is 6.22. The maximum Gasteiger partial charge on any atom is 0.246 e. The molecule has 0 aliphatic heterocycles. The monoisotopic (exact) mass is 410 g/mol. The number of sulfonamides is 1. The minimum atomic E-state index is -3.68. The van der Waals surface area contributed by atoms with E-state index in [-0.39, 0.29) is 5.91 Å². The van der Waals surface area contributed by atoms with Crippen LogP contribution >= 0.6 is 11.6 Å². The number of anilines is 1. The number of hydrogen-bond acceptors (Lipinski definition) is 4. The minimum Gasteiger partial charge on any atom is -0.496 e. The molecule has 0 N–H and O–H groups in total. The largest absolute Gasteiger partial charge is 0.496 e. The van der Waals surface area contributed by atoms with Gasteiger partial charge >= 0.3 is 0 Å². The van der Waals surface area contributed by atoms with E-state index in [0.717, 1.165) is 16.1 Å². The van der Waals surface area contributed by atoms with Crippen LogP contribution in [0.15, 0.2) is 48.5 Å². The summed E-state index contributed by atoms with van der Waals surface area (Å²) in [6.07, 6.45) is 1.08. The topological polar surface area (TPSA) is 66.9 Å². The molecule has 2 aromatic rings. The fraction of sp³-hybridized carbons (Fsp3) is 0.316. The second-order valence-corrected chi connectivity index (χ2v) is 8.51. The molecule has 0 spiro atoms. The Morgan fingerprint density at radius 2 is 1.74 bits per heavy atom.